The maximum Gasteiger partial charge on any atom is 0.393 e. The number of halogens is 3. The second-order valence-electron chi connectivity index (χ2n) is 9.64. The molecule has 2 aliphatic rings. The summed E-state index contributed by atoms with van der Waals surface area (Å²) in [6, 6.07) is 8.71. The van der Waals surface area contributed by atoms with Gasteiger partial charge in [-0.15, -0.1) is 0 Å². The molecule has 3 atom stereocenters. The Balaban J connectivity index is 1.44. The van der Waals surface area contributed by atoms with Gasteiger partial charge in [-0.2, -0.15) is 13.2 Å². The Morgan fingerprint density at radius 2 is 1.97 bits per heavy atom. The minimum absolute atomic E-state index is 0.0711. The summed E-state index contributed by atoms with van der Waals surface area (Å²) in [6.07, 6.45) is -3.94. The number of methoxy groups -OCH3 is 1. The zero-order chi connectivity index (χ0) is 25.4. The molecule has 35 heavy (non-hydrogen) atoms. The zero-order valence-electron chi connectivity index (χ0n) is 20.0. The van der Waals surface area contributed by atoms with E-state index < -0.39 is 24.1 Å². The summed E-state index contributed by atoms with van der Waals surface area (Å²) in [4.78, 5) is 19.2. The van der Waals surface area contributed by atoms with E-state index in [4.69, 9.17) is 9.47 Å². The summed E-state index contributed by atoms with van der Waals surface area (Å²) in [5, 5.41) is 10.5. The molecule has 0 saturated carbocycles. The lowest BCUT2D eigenvalue weighted by Crippen LogP contribution is -2.54. The van der Waals surface area contributed by atoms with Crippen LogP contribution in [0.3, 0.4) is 0 Å². The molecule has 2 fully saturated rings. The van der Waals surface area contributed by atoms with Crippen LogP contribution in [0.1, 0.15) is 30.9 Å². The molecule has 3 heterocycles. The summed E-state index contributed by atoms with van der Waals surface area (Å²) in [7, 11) is 1.56. The van der Waals surface area contributed by atoms with E-state index in [0.717, 1.165) is 12.0 Å². The van der Waals surface area contributed by atoms with Gasteiger partial charge in [-0.1, -0.05) is 19.1 Å². The van der Waals surface area contributed by atoms with Gasteiger partial charge in [0.05, 0.1) is 32.7 Å². The van der Waals surface area contributed by atoms with Gasteiger partial charge < -0.3 is 24.4 Å². The number of aliphatic hydroxyl groups excluding tert-OH is 1. The fourth-order valence-electron chi connectivity index (χ4n) is 4.87. The molecule has 0 unspecified atom stereocenters. The Morgan fingerprint density at radius 1 is 1.23 bits per heavy atom. The third-order valence-corrected chi connectivity index (χ3v) is 7.13. The van der Waals surface area contributed by atoms with E-state index in [2.05, 4.69) is 4.98 Å². The molecule has 2 aromatic rings. The molecule has 0 radical (unpaired) electrons. The first-order valence-corrected chi connectivity index (χ1v) is 11.5. The predicted octanol–water partition coefficient (Wildman–Crippen LogP) is 3.41. The van der Waals surface area contributed by atoms with Crippen LogP contribution in [-0.4, -0.2) is 73.1 Å². The summed E-state index contributed by atoms with van der Waals surface area (Å²) in [6.45, 7) is 5.76. The van der Waals surface area contributed by atoms with Gasteiger partial charge in [0.15, 0.2) is 11.5 Å². The van der Waals surface area contributed by atoms with E-state index >= 15 is 0 Å². The van der Waals surface area contributed by atoms with Crippen LogP contribution < -0.4 is 14.4 Å². The highest BCUT2D eigenvalue weighted by Gasteiger charge is 2.47. The number of carbonyl (C=O) groups is 1. The number of alkyl halides is 3. The highest BCUT2D eigenvalue weighted by atomic mass is 19.4. The molecule has 10 heteroatoms. The Kier molecular flexibility index (Phi) is 6.86. The van der Waals surface area contributed by atoms with E-state index in [1.54, 1.807) is 25.0 Å². The Hall–Kier alpha value is -3.01. The zero-order valence-corrected chi connectivity index (χ0v) is 20.0. The third kappa shape index (κ3) is 5.32. The number of nitrogens with zero attached hydrogens (tertiary/aromatic N) is 3. The molecule has 7 nitrogen and oxygen atoms in total. The number of carbonyl (C=O) groups excluding carboxylic acids is 1. The van der Waals surface area contributed by atoms with Crippen LogP contribution in [0.2, 0.25) is 0 Å². The number of hydrogen-bond acceptors (Lipinski definition) is 6. The monoisotopic (exact) mass is 493 g/mol. The van der Waals surface area contributed by atoms with Gasteiger partial charge in [-0.3, -0.25) is 4.79 Å². The third-order valence-electron chi connectivity index (χ3n) is 7.13. The molecular formula is C25H30F3N3O4. The molecule has 2 aliphatic heterocycles. The summed E-state index contributed by atoms with van der Waals surface area (Å²) < 4.78 is 49.3. The van der Waals surface area contributed by atoms with E-state index in [-0.39, 0.29) is 17.6 Å². The molecule has 1 amide bonds. The highest BCUT2D eigenvalue weighted by molar-refractivity contribution is 5.51. The van der Waals surface area contributed by atoms with Crippen molar-refractivity contribution in [1.82, 2.24) is 9.88 Å². The Labute approximate surface area is 202 Å². The second kappa shape index (κ2) is 9.56. The molecule has 1 aromatic carbocycles. The van der Waals surface area contributed by atoms with Gasteiger partial charge in [0.2, 0.25) is 6.41 Å². The minimum Gasteiger partial charge on any atom is -0.493 e. The normalized spacial score (nSPS) is 23.7. The highest BCUT2D eigenvalue weighted by Crippen LogP contribution is 2.46. The fraction of sp³-hybridized carbons (Fsp3) is 0.520. The number of hydrogen-bond donors (Lipinski definition) is 1. The second-order valence-corrected chi connectivity index (χ2v) is 9.64. The van der Waals surface area contributed by atoms with Crippen molar-refractivity contribution in [3.05, 3.63) is 47.7 Å². The van der Waals surface area contributed by atoms with Crippen molar-refractivity contribution in [2.75, 3.05) is 38.2 Å². The maximum absolute atomic E-state index is 12.5. The van der Waals surface area contributed by atoms with Crippen molar-refractivity contribution in [3.8, 4) is 11.5 Å². The summed E-state index contributed by atoms with van der Waals surface area (Å²) in [5.41, 5.74) is 0.580. The van der Waals surface area contributed by atoms with E-state index in [9.17, 15) is 23.1 Å². The van der Waals surface area contributed by atoms with Crippen molar-refractivity contribution in [2.45, 2.75) is 44.6 Å². The van der Waals surface area contributed by atoms with Crippen molar-refractivity contribution < 1.29 is 32.5 Å². The smallest absolute Gasteiger partial charge is 0.393 e. The fourth-order valence-corrected chi connectivity index (χ4v) is 4.87. The van der Waals surface area contributed by atoms with Gasteiger partial charge in [-0.05, 0) is 36.2 Å². The maximum atomic E-state index is 12.5. The van der Waals surface area contributed by atoms with Crippen molar-refractivity contribution in [1.29, 1.82) is 0 Å². The number of benzene rings is 1. The molecule has 4 rings (SSSR count). The van der Waals surface area contributed by atoms with Crippen LogP contribution in [0.25, 0.3) is 0 Å². The van der Waals surface area contributed by atoms with Gasteiger partial charge >= 0.3 is 6.18 Å². The molecule has 1 aromatic heterocycles. The molecular weight excluding hydrogens is 463 g/mol. The number of ether oxygens (including phenoxy) is 2. The number of aromatic nitrogens is 1. The molecule has 1 N–H and O–H groups in total. The summed E-state index contributed by atoms with van der Waals surface area (Å²) in [5.74, 6) is 1.67. The number of anilines is 1. The number of rotatable bonds is 8. The summed E-state index contributed by atoms with van der Waals surface area (Å²) >= 11 is 0. The average molecular weight is 494 g/mol. The van der Waals surface area contributed by atoms with Crippen LogP contribution in [0.4, 0.5) is 19.0 Å². The molecule has 2 saturated heterocycles. The predicted molar refractivity (Wildman–Crippen MR) is 124 cm³/mol. The Morgan fingerprint density at radius 3 is 2.54 bits per heavy atom. The van der Waals surface area contributed by atoms with E-state index in [0.29, 0.717) is 43.5 Å². The van der Waals surface area contributed by atoms with Crippen LogP contribution in [0.5, 0.6) is 11.5 Å². The lowest BCUT2D eigenvalue weighted by molar-refractivity contribution is -0.127. The number of aliphatic hydroxyl groups is 1. The number of likely N-dealkylation sites (tertiary alicyclic amines) is 1. The van der Waals surface area contributed by atoms with Crippen LogP contribution in [-0.2, 0) is 11.2 Å². The van der Waals surface area contributed by atoms with Crippen molar-refractivity contribution in [2.24, 2.45) is 5.41 Å². The minimum atomic E-state index is -4.26. The Bertz CT molecular complexity index is 1040. The van der Waals surface area contributed by atoms with Crippen LogP contribution in [0.15, 0.2) is 36.5 Å². The van der Waals surface area contributed by atoms with Gasteiger partial charge in [0, 0.05) is 30.6 Å². The van der Waals surface area contributed by atoms with Crippen molar-refractivity contribution in [3.63, 3.8) is 0 Å². The molecule has 190 valence electrons. The average Bonchev–Trinajstić information content (AvgIpc) is 3.14. The lowest BCUT2D eigenvalue weighted by atomic mass is 9.72. The number of amides is 1. The van der Waals surface area contributed by atoms with Crippen LogP contribution >= 0.6 is 0 Å². The van der Waals surface area contributed by atoms with E-state index in [1.807, 2.05) is 30.0 Å². The first-order chi connectivity index (χ1) is 16.5. The van der Waals surface area contributed by atoms with Crippen LogP contribution in [0, 0.1) is 5.41 Å². The lowest BCUT2D eigenvalue weighted by Gasteiger charge is -2.40. The standard InChI is InChI=1S/C25H30F3N3O4/c1-16(33)24(2)14-30(15-32)13-20(24)18-5-6-21(34-3)22(8-18)35-19-11-31(12-19)23-7-4-17(10-29-23)9-25(26,27)28/h4-8,10,15-16,19-20,33H,9,11-14H2,1-3H3/t16-,20+,24+/m1/s1. The van der Waals surface area contributed by atoms with E-state index in [1.165, 1.54) is 12.3 Å². The SMILES string of the molecule is COc1ccc([C@@H]2CN(C=O)C[C@@]2(C)[C@@H](C)O)cc1OC1CN(c2ccc(CC(F)(F)F)cn2)C1. The largest absolute Gasteiger partial charge is 0.493 e. The molecule has 0 aliphatic carbocycles. The van der Waals surface area contributed by atoms with Gasteiger partial charge in [-0.25, -0.2) is 4.98 Å². The first-order valence-electron chi connectivity index (χ1n) is 11.5. The molecule has 0 bridgehead atoms. The van der Waals surface area contributed by atoms with Gasteiger partial charge in [0.25, 0.3) is 0 Å². The quantitative estimate of drug-likeness (QED) is 0.569. The van der Waals surface area contributed by atoms with Gasteiger partial charge in [0.1, 0.15) is 11.9 Å². The van der Waals surface area contributed by atoms with Crippen molar-refractivity contribution >= 4 is 12.2 Å². The molecule has 0 spiro atoms. The number of pyridine rings is 1. The first kappa shape index (κ1) is 25.1. The topological polar surface area (TPSA) is 75.1 Å².